The molecule has 0 bridgehead atoms. The summed E-state index contributed by atoms with van der Waals surface area (Å²) in [7, 11) is 0. The van der Waals surface area contributed by atoms with Gasteiger partial charge in [-0.15, -0.1) is 0 Å². The molecule has 40 heavy (non-hydrogen) atoms. The molecule has 2 aliphatic carbocycles. The Morgan fingerprint density at radius 2 is 0.925 bits per heavy atom. The van der Waals surface area contributed by atoms with Gasteiger partial charge in [0.25, 0.3) is 11.8 Å². The fourth-order valence-corrected chi connectivity index (χ4v) is 5.10. The summed E-state index contributed by atoms with van der Waals surface area (Å²) in [5, 5.41) is 21.9. The van der Waals surface area contributed by atoms with Crippen molar-refractivity contribution in [2.45, 2.75) is 95.9 Å². The minimum atomic E-state index is -0.431. The Bertz CT molecular complexity index is 1090. The molecule has 222 valence electrons. The highest BCUT2D eigenvalue weighted by molar-refractivity contribution is 5.92. The van der Waals surface area contributed by atoms with Crippen LogP contribution in [0.4, 0.5) is 0 Å². The molecular formula is C34H52N2O4. The van der Waals surface area contributed by atoms with Crippen LogP contribution >= 0.6 is 0 Å². The average Bonchev–Trinajstić information content (AvgIpc) is 2.78. The van der Waals surface area contributed by atoms with Crippen LogP contribution in [0.25, 0.3) is 0 Å². The second-order valence-corrected chi connectivity index (χ2v) is 15.2. The Hall–Kier alpha value is -3.02. The molecule has 4 N–H and O–H groups in total. The zero-order valence-corrected chi connectivity index (χ0v) is 26.7. The highest BCUT2D eigenvalue weighted by atomic mass is 16.3. The number of aliphatic hydroxyl groups excluding tert-OH is 2. The second kappa shape index (κ2) is 11.8. The summed E-state index contributed by atoms with van der Waals surface area (Å²) in [5.41, 5.74) is 7.72. The number of carbonyl (C=O) groups excluding carboxylic acids is 2. The summed E-state index contributed by atoms with van der Waals surface area (Å²) < 4.78 is 0. The summed E-state index contributed by atoms with van der Waals surface area (Å²) in [6, 6.07) is 0. The number of allylic oxidation sites excluding steroid dienone is 8. The van der Waals surface area contributed by atoms with Gasteiger partial charge in [-0.2, -0.15) is 0 Å². The van der Waals surface area contributed by atoms with Gasteiger partial charge in [0.2, 0.25) is 0 Å². The fourth-order valence-electron chi connectivity index (χ4n) is 5.10. The molecule has 0 heterocycles. The van der Waals surface area contributed by atoms with Crippen LogP contribution in [0.15, 0.2) is 70.3 Å². The second-order valence-electron chi connectivity index (χ2n) is 15.2. The first kappa shape index (κ1) is 33.2. The Morgan fingerprint density at radius 3 is 1.18 bits per heavy atom. The molecule has 0 aromatic carbocycles. The monoisotopic (exact) mass is 552 g/mol. The smallest absolute Gasteiger partial charge is 0.262 e. The van der Waals surface area contributed by atoms with Gasteiger partial charge in [0, 0.05) is 12.2 Å². The number of hydrogen-bond acceptors (Lipinski definition) is 4. The van der Waals surface area contributed by atoms with Crippen LogP contribution in [0, 0.1) is 33.5 Å². The lowest BCUT2D eigenvalue weighted by atomic mass is 9.71. The lowest BCUT2D eigenvalue weighted by Gasteiger charge is -2.35. The summed E-state index contributed by atoms with van der Waals surface area (Å²) in [5.74, 6) is -0.237. The van der Waals surface area contributed by atoms with Gasteiger partial charge >= 0.3 is 0 Å². The molecule has 0 aliphatic heterocycles. The minimum Gasteiger partial charge on any atom is -0.508 e. The Labute approximate surface area is 242 Å². The predicted octanol–water partition coefficient (Wildman–Crippen LogP) is 7.95. The van der Waals surface area contributed by atoms with Crippen LogP contribution in [0.3, 0.4) is 0 Å². The van der Waals surface area contributed by atoms with E-state index in [0.29, 0.717) is 24.4 Å². The van der Waals surface area contributed by atoms with Crippen molar-refractivity contribution in [2.75, 3.05) is 0 Å². The van der Waals surface area contributed by atoms with E-state index in [1.807, 2.05) is 24.3 Å². The van der Waals surface area contributed by atoms with E-state index in [4.69, 9.17) is 0 Å². The van der Waals surface area contributed by atoms with Gasteiger partial charge in [0.15, 0.2) is 0 Å². The standard InChI is InChI=1S/C34H52N2O4/c1-31(2,3)23-17-21(18-24(29(23)39)32(4,5)6)13-15-27(37)35-36-28(38)16-14-22-19-25(33(7,8)9)30(40)26(20-22)34(10,11)12/h13-17,19,21-22,39-40H,18,20H2,1-12H3,(H,35,37)(H,36,38). The first-order valence-corrected chi connectivity index (χ1v) is 14.3. The SMILES string of the molecule is CC(C)(C)C1=CC(C=CC(=O)NNC(=O)C=CC2C=C(C(C)(C)C)C(O)=C(C(C)(C)C)C2)CC(C(C)(C)C)=C1O. The Kier molecular flexibility index (Phi) is 9.82. The van der Waals surface area contributed by atoms with Gasteiger partial charge in [0.1, 0.15) is 11.5 Å². The van der Waals surface area contributed by atoms with E-state index in [-0.39, 0.29) is 33.5 Å². The molecule has 2 rings (SSSR count). The topological polar surface area (TPSA) is 98.7 Å². The number of nitrogens with one attached hydrogen (secondary N) is 2. The van der Waals surface area contributed by atoms with Gasteiger partial charge in [-0.3, -0.25) is 20.4 Å². The van der Waals surface area contributed by atoms with Gasteiger partial charge in [0.05, 0.1) is 0 Å². The first-order valence-electron chi connectivity index (χ1n) is 14.3. The molecule has 2 unspecified atom stereocenters. The maximum Gasteiger partial charge on any atom is 0.262 e. The highest BCUT2D eigenvalue weighted by Crippen LogP contribution is 2.45. The summed E-state index contributed by atoms with van der Waals surface area (Å²) in [6.45, 7) is 24.9. The maximum absolute atomic E-state index is 12.5. The average molecular weight is 553 g/mol. The van der Waals surface area contributed by atoms with E-state index in [2.05, 4.69) is 93.9 Å². The predicted molar refractivity (Wildman–Crippen MR) is 164 cm³/mol. The normalized spacial score (nSPS) is 21.6. The number of rotatable bonds is 4. The van der Waals surface area contributed by atoms with Crippen molar-refractivity contribution < 1.29 is 19.8 Å². The third-order valence-corrected chi connectivity index (χ3v) is 7.45. The van der Waals surface area contributed by atoms with Crippen molar-refractivity contribution in [3.05, 3.63) is 70.3 Å². The molecule has 2 aliphatic rings. The lowest BCUT2D eigenvalue weighted by Crippen LogP contribution is -2.40. The van der Waals surface area contributed by atoms with Crippen LogP contribution in [0.1, 0.15) is 95.9 Å². The quantitative estimate of drug-likeness (QED) is 0.210. The van der Waals surface area contributed by atoms with Crippen LogP contribution in [0.5, 0.6) is 0 Å². The number of hydrogen-bond donors (Lipinski definition) is 4. The van der Waals surface area contributed by atoms with E-state index in [1.165, 1.54) is 12.2 Å². The van der Waals surface area contributed by atoms with Crippen molar-refractivity contribution in [2.24, 2.45) is 33.5 Å². The van der Waals surface area contributed by atoms with E-state index in [1.54, 1.807) is 0 Å². The highest BCUT2D eigenvalue weighted by Gasteiger charge is 2.34. The van der Waals surface area contributed by atoms with Crippen molar-refractivity contribution in [1.82, 2.24) is 10.9 Å². The summed E-state index contributed by atoms with van der Waals surface area (Å²) in [6.07, 6.45) is 11.8. The van der Waals surface area contributed by atoms with Gasteiger partial charge in [-0.05, 0) is 68.6 Å². The molecule has 6 heteroatoms. The summed E-state index contributed by atoms with van der Waals surface area (Å²) >= 11 is 0. The number of amides is 2. The molecule has 6 nitrogen and oxygen atoms in total. The molecule has 0 saturated heterocycles. The largest absolute Gasteiger partial charge is 0.508 e. The molecule has 2 atom stereocenters. The molecule has 0 aromatic heterocycles. The molecular weight excluding hydrogens is 500 g/mol. The van der Waals surface area contributed by atoms with Crippen LogP contribution in [-0.4, -0.2) is 22.0 Å². The van der Waals surface area contributed by atoms with Crippen molar-refractivity contribution >= 4 is 11.8 Å². The van der Waals surface area contributed by atoms with Gasteiger partial charge < -0.3 is 10.2 Å². The van der Waals surface area contributed by atoms with Crippen LogP contribution in [0.2, 0.25) is 0 Å². The maximum atomic E-state index is 12.5. The number of hydrazine groups is 1. The molecule has 0 fully saturated rings. The molecule has 0 radical (unpaired) electrons. The van der Waals surface area contributed by atoms with Gasteiger partial charge in [-0.25, -0.2) is 0 Å². The zero-order chi connectivity index (χ0) is 30.8. The molecule has 0 saturated carbocycles. The molecule has 2 amide bonds. The molecule has 0 spiro atoms. The first-order chi connectivity index (χ1) is 18.0. The number of carbonyl (C=O) groups is 2. The van der Waals surface area contributed by atoms with Crippen LogP contribution < -0.4 is 10.9 Å². The lowest BCUT2D eigenvalue weighted by molar-refractivity contribution is -0.123. The van der Waals surface area contributed by atoms with E-state index in [9.17, 15) is 19.8 Å². The van der Waals surface area contributed by atoms with Crippen LogP contribution in [-0.2, 0) is 9.59 Å². The Morgan fingerprint density at radius 1 is 0.625 bits per heavy atom. The van der Waals surface area contributed by atoms with Gasteiger partial charge in [-0.1, -0.05) is 107 Å². The fraction of sp³-hybridized carbons (Fsp3) is 0.588. The number of aliphatic hydroxyl groups is 2. The Balaban J connectivity index is 2.07. The molecule has 0 aromatic rings. The van der Waals surface area contributed by atoms with E-state index < -0.39 is 11.8 Å². The third-order valence-electron chi connectivity index (χ3n) is 7.45. The minimum absolute atomic E-state index is 0.0442. The van der Waals surface area contributed by atoms with Crippen molar-refractivity contribution in [3.8, 4) is 0 Å². The zero-order valence-electron chi connectivity index (χ0n) is 26.7. The summed E-state index contributed by atoms with van der Waals surface area (Å²) in [4.78, 5) is 25.0. The van der Waals surface area contributed by atoms with Crippen molar-refractivity contribution in [1.29, 1.82) is 0 Å². The van der Waals surface area contributed by atoms with Crippen molar-refractivity contribution in [3.63, 3.8) is 0 Å². The van der Waals surface area contributed by atoms with E-state index in [0.717, 1.165) is 22.3 Å². The van der Waals surface area contributed by atoms with E-state index >= 15 is 0 Å². The third kappa shape index (κ3) is 8.74.